The molecule has 0 heterocycles. The topological polar surface area (TPSA) is 44.8 Å². The predicted octanol–water partition coefficient (Wildman–Crippen LogP) is 11.7. The minimum Gasteiger partial charge on any atom is -0.494 e. The van der Waals surface area contributed by atoms with Crippen molar-refractivity contribution in [3.63, 3.8) is 0 Å². The lowest BCUT2D eigenvalue weighted by atomic mass is 10.1. The molecule has 240 valence electrons. The summed E-state index contributed by atoms with van der Waals surface area (Å²) in [5.41, 5.74) is 2.19. The summed E-state index contributed by atoms with van der Waals surface area (Å²) >= 11 is 0. The summed E-state index contributed by atoms with van der Waals surface area (Å²) in [5.74, 6) is 0.256. The van der Waals surface area contributed by atoms with E-state index in [0.29, 0.717) is 5.75 Å². The van der Waals surface area contributed by atoms with Crippen LogP contribution in [-0.2, 0) is 0 Å². The van der Waals surface area contributed by atoms with Crippen LogP contribution in [0.3, 0.4) is 0 Å². The monoisotopic (exact) mass is 604 g/mol. The molecule has 4 nitrogen and oxygen atoms in total. The molecule has 5 heteroatoms. The molecule has 0 spiro atoms. The summed E-state index contributed by atoms with van der Waals surface area (Å²) in [4.78, 5) is 12.7. The maximum Gasteiger partial charge on any atom is 0.343 e. The normalized spacial score (nSPS) is 11.7. The highest BCUT2D eigenvalue weighted by atomic mass is 19.1. The predicted molar refractivity (Wildman–Crippen MR) is 179 cm³/mol. The molecule has 44 heavy (non-hydrogen) atoms. The van der Waals surface area contributed by atoms with E-state index in [2.05, 4.69) is 13.8 Å². The Morgan fingerprint density at radius 3 is 1.75 bits per heavy atom. The molecule has 0 aliphatic heterocycles. The summed E-state index contributed by atoms with van der Waals surface area (Å²) in [6, 6.07) is 19.6. The highest BCUT2D eigenvalue weighted by Gasteiger charge is 2.15. The van der Waals surface area contributed by atoms with E-state index in [0.717, 1.165) is 49.2 Å². The van der Waals surface area contributed by atoms with E-state index in [-0.39, 0.29) is 17.4 Å². The van der Waals surface area contributed by atoms with Gasteiger partial charge < -0.3 is 14.2 Å². The van der Waals surface area contributed by atoms with Crippen molar-refractivity contribution in [2.45, 2.75) is 123 Å². The van der Waals surface area contributed by atoms with Crippen LogP contribution < -0.4 is 14.2 Å². The molecule has 0 radical (unpaired) electrons. The maximum absolute atomic E-state index is 14.7. The van der Waals surface area contributed by atoms with Crippen LogP contribution in [0, 0.1) is 5.82 Å². The average Bonchev–Trinajstić information content (AvgIpc) is 3.03. The molecule has 1 atom stereocenters. The molecule has 0 bridgehead atoms. The first-order chi connectivity index (χ1) is 21.5. The summed E-state index contributed by atoms with van der Waals surface area (Å²) < 4.78 is 31.9. The van der Waals surface area contributed by atoms with Gasteiger partial charge in [0.1, 0.15) is 11.5 Å². The molecule has 0 aliphatic rings. The van der Waals surface area contributed by atoms with Crippen molar-refractivity contribution in [1.29, 1.82) is 0 Å². The zero-order valence-corrected chi connectivity index (χ0v) is 27.3. The Labute approximate surface area is 265 Å². The fraction of sp³-hybridized carbons (Fsp3) is 0.513. The van der Waals surface area contributed by atoms with E-state index in [1.54, 1.807) is 18.2 Å². The third kappa shape index (κ3) is 13.1. The second-order valence-corrected chi connectivity index (χ2v) is 11.9. The maximum atomic E-state index is 14.7. The van der Waals surface area contributed by atoms with E-state index in [1.807, 2.05) is 43.3 Å². The van der Waals surface area contributed by atoms with Crippen molar-refractivity contribution in [2.24, 2.45) is 0 Å². The highest BCUT2D eigenvalue weighted by Crippen LogP contribution is 2.26. The molecule has 3 aromatic rings. The number of rotatable bonds is 22. The minimum absolute atomic E-state index is 0.0872. The van der Waals surface area contributed by atoms with Gasteiger partial charge in [0.25, 0.3) is 0 Å². The van der Waals surface area contributed by atoms with Gasteiger partial charge in [0.05, 0.1) is 18.3 Å². The quantitative estimate of drug-likeness (QED) is 0.0650. The summed E-state index contributed by atoms with van der Waals surface area (Å²) in [6.45, 7) is 7.12. The van der Waals surface area contributed by atoms with Crippen LogP contribution in [0.1, 0.15) is 127 Å². The lowest BCUT2D eigenvalue weighted by Gasteiger charge is -2.15. The molecule has 0 amide bonds. The minimum atomic E-state index is -0.611. The number of unbranched alkanes of at least 4 members (excludes halogenated alkanes) is 12. The van der Waals surface area contributed by atoms with Gasteiger partial charge in [-0.15, -0.1) is 0 Å². The molecule has 0 fully saturated rings. The van der Waals surface area contributed by atoms with Crippen LogP contribution in [-0.4, -0.2) is 18.7 Å². The Morgan fingerprint density at radius 1 is 0.659 bits per heavy atom. The third-order valence-corrected chi connectivity index (χ3v) is 7.98. The van der Waals surface area contributed by atoms with Gasteiger partial charge in [-0.1, -0.05) is 115 Å². The van der Waals surface area contributed by atoms with E-state index in [1.165, 1.54) is 82.8 Å². The summed E-state index contributed by atoms with van der Waals surface area (Å²) in [6.07, 6.45) is 18.5. The standard InChI is InChI=1S/C39H53FO4/c1-4-6-8-10-11-12-13-14-15-17-29-42-35-24-19-32(20-25-35)33-21-26-36(27-22-33)44-39(41)34-23-28-38(37(40)30-34)43-31(3)18-16-9-7-5-2/h19-28,30-31H,4-18,29H2,1-3H3. The molecule has 0 saturated carbocycles. The lowest BCUT2D eigenvalue weighted by molar-refractivity contribution is 0.0734. The Bertz CT molecular complexity index is 1210. The number of hydrogen-bond donors (Lipinski definition) is 0. The molecule has 0 N–H and O–H groups in total. The molecule has 3 rings (SSSR count). The van der Waals surface area contributed by atoms with Gasteiger partial charge >= 0.3 is 5.97 Å². The molecule has 3 aromatic carbocycles. The third-order valence-electron chi connectivity index (χ3n) is 7.98. The van der Waals surface area contributed by atoms with Gasteiger partial charge in [0.2, 0.25) is 0 Å². The number of esters is 1. The van der Waals surface area contributed by atoms with Crippen LogP contribution >= 0.6 is 0 Å². The van der Waals surface area contributed by atoms with E-state index in [4.69, 9.17) is 14.2 Å². The van der Waals surface area contributed by atoms with Crippen LogP contribution in [0.15, 0.2) is 66.7 Å². The van der Waals surface area contributed by atoms with Gasteiger partial charge in [-0.25, -0.2) is 9.18 Å². The number of benzene rings is 3. The van der Waals surface area contributed by atoms with Crippen molar-refractivity contribution >= 4 is 5.97 Å². The highest BCUT2D eigenvalue weighted by molar-refractivity contribution is 5.91. The number of hydrogen-bond acceptors (Lipinski definition) is 4. The van der Waals surface area contributed by atoms with Gasteiger partial charge in [0.15, 0.2) is 11.6 Å². The van der Waals surface area contributed by atoms with Crippen molar-refractivity contribution in [3.8, 4) is 28.4 Å². The molecule has 1 unspecified atom stereocenters. The summed E-state index contributed by atoms with van der Waals surface area (Å²) in [5, 5.41) is 0. The largest absolute Gasteiger partial charge is 0.494 e. The van der Waals surface area contributed by atoms with Crippen molar-refractivity contribution in [3.05, 3.63) is 78.1 Å². The fourth-order valence-electron chi connectivity index (χ4n) is 5.26. The molecular formula is C39H53FO4. The number of halogens is 1. The van der Waals surface area contributed by atoms with Gasteiger partial charge in [0, 0.05) is 0 Å². The van der Waals surface area contributed by atoms with Gasteiger partial charge in [-0.05, 0) is 79.8 Å². The molecule has 0 aromatic heterocycles. The first-order valence-electron chi connectivity index (χ1n) is 17.0. The average molecular weight is 605 g/mol. The molecule has 0 saturated heterocycles. The smallest absolute Gasteiger partial charge is 0.343 e. The first-order valence-corrected chi connectivity index (χ1v) is 17.0. The van der Waals surface area contributed by atoms with E-state index >= 15 is 0 Å². The van der Waals surface area contributed by atoms with Crippen LogP contribution in [0.4, 0.5) is 4.39 Å². The number of carbonyl (C=O) groups is 1. The Kier molecular flexibility index (Phi) is 16.4. The number of carbonyl (C=O) groups excluding carboxylic acids is 1. The van der Waals surface area contributed by atoms with Crippen molar-refractivity contribution in [2.75, 3.05) is 6.61 Å². The van der Waals surface area contributed by atoms with Crippen LogP contribution in [0.5, 0.6) is 17.2 Å². The van der Waals surface area contributed by atoms with Crippen LogP contribution in [0.2, 0.25) is 0 Å². The van der Waals surface area contributed by atoms with Gasteiger partial charge in [-0.2, -0.15) is 0 Å². The second kappa shape index (κ2) is 20.6. The Morgan fingerprint density at radius 2 is 1.18 bits per heavy atom. The van der Waals surface area contributed by atoms with Crippen molar-refractivity contribution in [1.82, 2.24) is 0 Å². The molecular weight excluding hydrogens is 551 g/mol. The first kappa shape index (κ1) is 35.1. The van der Waals surface area contributed by atoms with Crippen molar-refractivity contribution < 1.29 is 23.4 Å². The number of ether oxygens (including phenoxy) is 3. The van der Waals surface area contributed by atoms with E-state index < -0.39 is 11.8 Å². The zero-order valence-electron chi connectivity index (χ0n) is 27.3. The second-order valence-electron chi connectivity index (χ2n) is 11.9. The van der Waals surface area contributed by atoms with Gasteiger partial charge in [-0.3, -0.25) is 0 Å². The Hall–Kier alpha value is -3.34. The van der Waals surface area contributed by atoms with E-state index in [9.17, 15) is 9.18 Å². The lowest BCUT2D eigenvalue weighted by Crippen LogP contribution is -2.13. The summed E-state index contributed by atoms with van der Waals surface area (Å²) in [7, 11) is 0. The Balaban J connectivity index is 1.38. The molecule has 0 aliphatic carbocycles. The zero-order chi connectivity index (χ0) is 31.4. The SMILES string of the molecule is CCCCCCCCCCCCOc1ccc(-c2ccc(OC(=O)c3ccc(OC(C)CCCCCC)c(F)c3)cc2)cc1. The van der Waals surface area contributed by atoms with Crippen LogP contribution in [0.25, 0.3) is 11.1 Å². The fourth-order valence-corrected chi connectivity index (χ4v) is 5.26.